The van der Waals surface area contributed by atoms with Gasteiger partial charge in [0.15, 0.2) is 11.5 Å². The monoisotopic (exact) mass is 375 g/mol. The first-order valence-corrected chi connectivity index (χ1v) is 8.54. The molecule has 1 N–H and O–H groups in total. The number of hydrogen-bond acceptors (Lipinski definition) is 4. The first kappa shape index (κ1) is 17.9. The van der Waals surface area contributed by atoms with Crippen molar-refractivity contribution in [3.63, 3.8) is 0 Å². The number of para-hydroxylation sites is 2. The van der Waals surface area contributed by atoms with Gasteiger partial charge >= 0.3 is 0 Å². The Hall–Kier alpha value is -2.93. The molecular formula is C19H15F2NO3S. The Morgan fingerprint density at radius 3 is 2.62 bits per heavy atom. The fourth-order valence-corrected chi connectivity index (χ4v) is 3.04. The number of amides is 1. The summed E-state index contributed by atoms with van der Waals surface area (Å²) >= 11 is 1.21. The summed E-state index contributed by atoms with van der Waals surface area (Å²) < 4.78 is 37.5. The van der Waals surface area contributed by atoms with Gasteiger partial charge in [-0.25, -0.2) is 8.78 Å². The van der Waals surface area contributed by atoms with Crippen LogP contribution in [-0.4, -0.2) is 13.0 Å². The van der Waals surface area contributed by atoms with Gasteiger partial charge in [-0.15, -0.1) is 11.3 Å². The van der Waals surface area contributed by atoms with Crippen LogP contribution in [0.25, 0.3) is 0 Å². The van der Waals surface area contributed by atoms with Crippen LogP contribution in [-0.2, 0) is 6.61 Å². The number of benzene rings is 2. The van der Waals surface area contributed by atoms with Crippen LogP contribution in [0.1, 0.15) is 15.2 Å². The highest BCUT2D eigenvalue weighted by molar-refractivity contribution is 7.12. The minimum Gasteiger partial charge on any atom is -0.493 e. The van der Waals surface area contributed by atoms with Gasteiger partial charge in [0.25, 0.3) is 5.91 Å². The van der Waals surface area contributed by atoms with E-state index in [4.69, 9.17) is 9.47 Å². The third-order valence-corrected chi connectivity index (χ3v) is 4.50. The van der Waals surface area contributed by atoms with E-state index in [1.807, 2.05) is 12.1 Å². The van der Waals surface area contributed by atoms with Gasteiger partial charge in [-0.05, 0) is 35.7 Å². The summed E-state index contributed by atoms with van der Waals surface area (Å²) in [6, 6.07) is 11.9. The molecule has 3 aromatic rings. The van der Waals surface area contributed by atoms with Gasteiger partial charge in [0, 0.05) is 11.6 Å². The Kier molecular flexibility index (Phi) is 5.48. The third kappa shape index (κ3) is 4.18. The predicted octanol–water partition coefficient (Wildman–Crippen LogP) is 4.87. The van der Waals surface area contributed by atoms with Crippen LogP contribution in [0.15, 0.2) is 53.9 Å². The Balaban J connectivity index is 1.64. The van der Waals surface area contributed by atoms with E-state index in [-0.39, 0.29) is 12.3 Å². The highest BCUT2D eigenvalue weighted by atomic mass is 32.1. The first-order chi connectivity index (χ1) is 12.6. The highest BCUT2D eigenvalue weighted by Gasteiger charge is 2.13. The number of carbonyl (C=O) groups is 1. The highest BCUT2D eigenvalue weighted by Crippen LogP contribution is 2.27. The molecule has 2 aromatic carbocycles. The second kappa shape index (κ2) is 7.97. The summed E-state index contributed by atoms with van der Waals surface area (Å²) in [6.45, 7) is 0.259. The number of halogens is 2. The molecule has 0 aliphatic rings. The number of ether oxygens (including phenoxy) is 2. The SMILES string of the molecule is COc1ccccc1OCc1csc(C(=O)Nc2ccc(F)cc2F)c1. The molecule has 0 radical (unpaired) electrons. The molecule has 0 unspecified atom stereocenters. The van der Waals surface area contributed by atoms with E-state index in [0.29, 0.717) is 16.4 Å². The minimum absolute atomic E-state index is 0.0726. The van der Waals surface area contributed by atoms with E-state index >= 15 is 0 Å². The summed E-state index contributed by atoms with van der Waals surface area (Å²) in [5.74, 6) is -0.779. The molecule has 0 saturated carbocycles. The molecule has 0 fully saturated rings. The zero-order valence-corrected chi connectivity index (χ0v) is 14.6. The van der Waals surface area contributed by atoms with E-state index in [1.165, 1.54) is 17.4 Å². The number of nitrogens with one attached hydrogen (secondary N) is 1. The largest absolute Gasteiger partial charge is 0.493 e. The molecule has 0 spiro atoms. The van der Waals surface area contributed by atoms with Crippen molar-refractivity contribution >= 4 is 22.9 Å². The molecule has 0 bridgehead atoms. The lowest BCUT2D eigenvalue weighted by Gasteiger charge is -2.09. The first-order valence-electron chi connectivity index (χ1n) is 7.66. The Bertz CT molecular complexity index is 927. The summed E-state index contributed by atoms with van der Waals surface area (Å²) in [6.07, 6.45) is 0. The molecule has 1 heterocycles. The lowest BCUT2D eigenvalue weighted by molar-refractivity contribution is 0.103. The number of anilines is 1. The van der Waals surface area contributed by atoms with Crippen molar-refractivity contribution in [2.75, 3.05) is 12.4 Å². The average molecular weight is 375 g/mol. The Morgan fingerprint density at radius 2 is 1.88 bits per heavy atom. The van der Waals surface area contributed by atoms with Gasteiger partial charge in [-0.2, -0.15) is 0 Å². The molecular weight excluding hydrogens is 360 g/mol. The van der Waals surface area contributed by atoms with Gasteiger partial charge in [-0.3, -0.25) is 4.79 Å². The van der Waals surface area contributed by atoms with Crippen LogP contribution in [0.4, 0.5) is 14.5 Å². The van der Waals surface area contributed by atoms with Crippen LogP contribution in [0, 0.1) is 11.6 Å². The van der Waals surface area contributed by atoms with E-state index in [0.717, 1.165) is 17.7 Å². The van der Waals surface area contributed by atoms with Gasteiger partial charge in [0.05, 0.1) is 17.7 Å². The predicted molar refractivity (Wildman–Crippen MR) is 96.0 cm³/mol. The summed E-state index contributed by atoms with van der Waals surface area (Å²) in [4.78, 5) is 12.6. The second-order valence-electron chi connectivity index (χ2n) is 5.34. The maximum atomic E-state index is 13.6. The number of hydrogen-bond donors (Lipinski definition) is 1. The maximum absolute atomic E-state index is 13.6. The Labute approximate surface area is 153 Å². The number of carbonyl (C=O) groups excluding carboxylic acids is 1. The number of methoxy groups -OCH3 is 1. The van der Waals surface area contributed by atoms with Crippen molar-refractivity contribution in [2.24, 2.45) is 0 Å². The molecule has 1 aromatic heterocycles. The smallest absolute Gasteiger partial charge is 0.265 e. The van der Waals surface area contributed by atoms with Gasteiger partial charge in [-0.1, -0.05) is 12.1 Å². The van der Waals surface area contributed by atoms with Crippen molar-refractivity contribution in [3.8, 4) is 11.5 Å². The zero-order chi connectivity index (χ0) is 18.5. The van der Waals surface area contributed by atoms with Crippen LogP contribution in [0.3, 0.4) is 0 Å². The quantitative estimate of drug-likeness (QED) is 0.669. The fourth-order valence-electron chi connectivity index (χ4n) is 2.24. The van der Waals surface area contributed by atoms with Crippen LogP contribution in [0.2, 0.25) is 0 Å². The van der Waals surface area contributed by atoms with Gasteiger partial charge < -0.3 is 14.8 Å². The summed E-state index contributed by atoms with van der Waals surface area (Å²) in [5.41, 5.74) is 0.724. The van der Waals surface area contributed by atoms with Crippen molar-refractivity contribution in [1.29, 1.82) is 0 Å². The maximum Gasteiger partial charge on any atom is 0.265 e. The molecule has 3 rings (SSSR count). The normalized spacial score (nSPS) is 10.4. The molecule has 0 aliphatic carbocycles. The zero-order valence-electron chi connectivity index (χ0n) is 13.8. The molecule has 1 amide bonds. The van der Waals surface area contributed by atoms with Gasteiger partial charge in [0.1, 0.15) is 18.2 Å². The third-order valence-electron chi connectivity index (χ3n) is 3.52. The van der Waals surface area contributed by atoms with Crippen molar-refractivity contribution in [2.45, 2.75) is 6.61 Å². The lowest BCUT2D eigenvalue weighted by Crippen LogP contribution is -2.11. The molecule has 7 heteroatoms. The van der Waals surface area contributed by atoms with Crippen molar-refractivity contribution in [3.05, 3.63) is 76.0 Å². The number of rotatable bonds is 6. The molecule has 134 valence electrons. The summed E-state index contributed by atoms with van der Waals surface area (Å²) in [5, 5.41) is 4.21. The van der Waals surface area contributed by atoms with E-state index in [2.05, 4.69) is 5.32 Å². The minimum atomic E-state index is -0.824. The van der Waals surface area contributed by atoms with Crippen molar-refractivity contribution in [1.82, 2.24) is 0 Å². The number of thiophene rings is 1. The van der Waals surface area contributed by atoms with Gasteiger partial charge in [0.2, 0.25) is 0 Å². The molecule has 4 nitrogen and oxygen atoms in total. The van der Waals surface area contributed by atoms with E-state index < -0.39 is 17.5 Å². The fraction of sp³-hybridized carbons (Fsp3) is 0.105. The van der Waals surface area contributed by atoms with Crippen LogP contribution >= 0.6 is 11.3 Å². The second-order valence-corrected chi connectivity index (χ2v) is 6.25. The summed E-state index contributed by atoms with van der Waals surface area (Å²) in [7, 11) is 1.56. The van der Waals surface area contributed by atoms with E-state index in [1.54, 1.807) is 30.7 Å². The van der Waals surface area contributed by atoms with Crippen molar-refractivity contribution < 1.29 is 23.0 Å². The standard InChI is InChI=1S/C19H15F2NO3S/c1-24-16-4-2-3-5-17(16)25-10-12-8-18(26-11-12)19(23)22-15-7-6-13(20)9-14(15)21/h2-9,11H,10H2,1H3,(H,22,23). The molecule has 0 aliphatic heterocycles. The molecule has 0 saturated heterocycles. The average Bonchev–Trinajstić information content (AvgIpc) is 3.11. The molecule has 0 atom stereocenters. The lowest BCUT2D eigenvalue weighted by atomic mass is 10.2. The Morgan fingerprint density at radius 1 is 1.12 bits per heavy atom. The van der Waals surface area contributed by atoms with E-state index in [9.17, 15) is 13.6 Å². The van der Waals surface area contributed by atoms with Crippen LogP contribution < -0.4 is 14.8 Å². The topological polar surface area (TPSA) is 47.6 Å². The molecule has 26 heavy (non-hydrogen) atoms. The van der Waals surface area contributed by atoms with Crippen LogP contribution in [0.5, 0.6) is 11.5 Å².